The van der Waals surface area contributed by atoms with Crippen LogP contribution in [0.3, 0.4) is 0 Å². The van der Waals surface area contributed by atoms with Gasteiger partial charge in [-0.3, -0.25) is 4.79 Å². The highest BCUT2D eigenvalue weighted by Gasteiger charge is 2.21. The quantitative estimate of drug-likeness (QED) is 0.394. The van der Waals surface area contributed by atoms with Crippen LogP contribution in [0.4, 0.5) is 0 Å². The van der Waals surface area contributed by atoms with E-state index in [9.17, 15) is 4.79 Å². The minimum atomic E-state index is -0.191. The molecule has 2 aromatic rings. The molecule has 0 aliphatic carbocycles. The molecule has 0 saturated heterocycles. The minimum absolute atomic E-state index is 0.184. The van der Waals surface area contributed by atoms with Crippen molar-refractivity contribution in [1.29, 1.82) is 0 Å². The molecule has 1 nitrogen and oxygen atoms in total. The molecule has 0 aliphatic rings. The highest BCUT2D eigenvalue weighted by Crippen LogP contribution is 2.28. The van der Waals surface area contributed by atoms with Crippen LogP contribution in [0.25, 0.3) is 0 Å². The lowest BCUT2D eigenvalue weighted by atomic mass is 9.88. The van der Waals surface area contributed by atoms with Crippen LogP contribution in [0.1, 0.15) is 17.0 Å². The van der Waals surface area contributed by atoms with Gasteiger partial charge in [-0.25, -0.2) is 0 Å². The first kappa shape index (κ1) is 15.4. The topological polar surface area (TPSA) is 17.1 Å². The number of rotatable bonds is 4. The molecule has 98 valence electrons. The molecule has 0 amide bonds. The van der Waals surface area contributed by atoms with Gasteiger partial charge in [-0.1, -0.05) is 40.2 Å². The molecule has 0 bridgehead atoms. The molecule has 2 aromatic carbocycles. The fraction of sp³-hybridized carbons (Fsp3) is 0.133. The van der Waals surface area contributed by atoms with E-state index in [0.717, 1.165) is 18.3 Å². The van der Waals surface area contributed by atoms with Crippen molar-refractivity contribution in [2.45, 2.75) is 5.92 Å². The molecule has 2 rings (SSSR count). The maximum atomic E-state index is 12.3. The Kier molecular flexibility index (Phi) is 5.83. The summed E-state index contributed by atoms with van der Waals surface area (Å²) in [5.41, 5.74) is 2.11. The molecule has 0 N–H and O–H groups in total. The zero-order chi connectivity index (χ0) is 13.8. The maximum Gasteiger partial charge on any atom is 0.155 e. The van der Waals surface area contributed by atoms with Crippen LogP contribution in [-0.4, -0.2) is 11.1 Å². The lowest BCUT2D eigenvalue weighted by Crippen LogP contribution is -2.15. The molecule has 4 heteroatoms. The molecule has 0 saturated carbocycles. The van der Waals surface area contributed by atoms with Crippen LogP contribution < -0.4 is 0 Å². The van der Waals surface area contributed by atoms with Crippen LogP contribution in [0.5, 0.6) is 0 Å². The second kappa shape index (κ2) is 7.17. The molecule has 0 radical (unpaired) electrons. The molecule has 0 spiro atoms. The van der Waals surface area contributed by atoms with Crippen molar-refractivity contribution >= 4 is 66.9 Å². The SMILES string of the molecule is O=C(CBr)C(c1cccc(I)c1)c1cccc(I)c1. The van der Waals surface area contributed by atoms with E-state index in [1.807, 2.05) is 36.4 Å². The van der Waals surface area contributed by atoms with Gasteiger partial charge >= 0.3 is 0 Å². The van der Waals surface area contributed by atoms with Crippen LogP contribution in [0.2, 0.25) is 0 Å². The Morgan fingerprint density at radius 3 is 1.84 bits per heavy atom. The molecule has 0 heterocycles. The van der Waals surface area contributed by atoms with E-state index in [0.29, 0.717) is 5.33 Å². The minimum Gasteiger partial charge on any atom is -0.298 e. The number of hydrogen-bond donors (Lipinski definition) is 0. The van der Waals surface area contributed by atoms with E-state index in [4.69, 9.17) is 0 Å². The summed E-state index contributed by atoms with van der Waals surface area (Å²) in [6, 6.07) is 16.3. The van der Waals surface area contributed by atoms with E-state index in [1.165, 1.54) is 0 Å². The summed E-state index contributed by atoms with van der Waals surface area (Å²) in [6.45, 7) is 0. The monoisotopic (exact) mass is 540 g/mol. The van der Waals surface area contributed by atoms with Crippen LogP contribution in [0.15, 0.2) is 48.5 Å². The fourth-order valence-corrected chi connectivity index (χ4v) is 3.47. The van der Waals surface area contributed by atoms with E-state index >= 15 is 0 Å². The first-order chi connectivity index (χ1) is 9.11. The molecule has 0 fully saturated rings. The van der Waals surface area contributed by atoms with Gasteiger partial charge in [-0.2, -0.15) is 0 Å². The van der Waals surface area contributed by atoms with Gasteiger partial charge in [0.2, 0.25) is 0 Å². The number of ketones is 1. The lowest BCUT2D eigenvalue weighted by Gasteiger charge is -2.16. The second-order valence-electron chi connectivity index (χ2n) is 4.14. The van der Waals surface area contributed by atoms with Crippen LogP contribution in [-0.2, 0) is 4.79 Å². The number of benzene rings is 2. The number of carbonyl (C=O) groups excluding carboxylic acids is 1. The highest BCUT2D eigenvalue weighted by molar-refractivity contribution is 14.1. The molecular formula is C15H11BrI2O. The molecule has 19 heavy (non-hydrogen) atoms. The van der Waals surface area contributed by atoms with Gasteiger partial charge in [0.25, 0.3) is 0 Å². The van der Waals surface area contributed by atoms with E-state index < -0.39 is 0 Å². The van der Waals surface area contributed by atoms with Crippen molar-refractivity contribution in [3.8, 4) is 0 Å². The van der Waals surface area contributed by atoms with Gasteiger partial charge in [0.1, 0.15) is 0 Å². The zero-order valence-corrected chi connectivity index (χ0v) is 15.8. The Morgan fingerprint density at radius 2 is 1.47 bits per heavy atom. The number of carbonyl (C=O) groups is 1. The van der Waals surface area contributed by atoms with Crippen molar-refractivity contribution in [1.82, 2.24) is 0 Å². The summed E-state index contributed by atoms with van der Waals surface area (Å²) in [5.74, 6) is -0.00666. The summed E-state index contributed by atoms with van der Waals surface area (Å²) in [7, 11) is 0. The van der Waals surface area contributed by atoms with Gasteiger partial charge in [0.15, 0.2) is 5.78 Å². The van der Waals surface area contributed by atoms with E-state index in [2.05, 4.69) is 73.2 Å². The molecular weight excluding hydrogens is 530 g/mol. The number of hydrogen-bond acceptors (Lipinski definition) is 1. The van der Waals surface area contributed by atoms with Crippen molar-refractivity contribution in [3.05, 3.63) is 66.8 Å². The van der Waals surface area contributed by atoms with Gasteiger partial charge in [-0.05, 0) is 80.6 Å². The summed E-state index contributed by atoms with van der Waals surface area (Å²) in [4.78, 5) is 12.3. The summed E-state index contributed by atoms with van der Waals surface area (Å²) >= 11 is 7.85. The van der Waals surface area contributed by atoms with Crippen molar-refractivity contribution in [2.75, 3.05) is 5.33 Å². The van der Waals surface area contributed by atoms with Crippen LogP contribution in [0, 0.1) is 7.14 Å². The Labute approximate surface area is 148 Å². The number of halogens is 3. The summed E-state index contributed by atoms with van der Waals surface area (Å²) in [5, 5.41) is 0.370. The predicted octanol–water partition coefficient (Wildman–Crippen LogP) is 4.99. The molecule has 0 aromatic heterocycles. The van der Waals surface area contributed by atoms with E-state index in [1.54, 1.807) is 0 Å². The Bertz CT molecular complexity index is 553. The third kappa shape index (κ3) is 4.01. The van der Waals surface area contributed by atoms with Crippen molar-refractivity contribution in [3.63, 3.8) is 0 Å². The predicted molar refractivity (Wildman–Crippen MR) is 99.0 cm³/mol. The number of Topliss-reactive ketones (excluding diaryl/α,β-unsaturated/α-hetero) is 1. The molecule has 0 atom stereocenters. The van der Waals surface area contributed by atoms with Crippen LogP contribution >= 0.6 is 61.1 Å². The second-order valence-corrected chi connectivity index (χ2v) is 7.19. The standard InChI is InChI=1S/C15H11BrI2O/c16-9-14(19)15(10-3-1-5-12(17)7-10)11-4-2-6-13(18)8-11/h1-8,15H,9H2. The normalized spacial score (nSPS) is 10.7. The molecule has 0 aliphatic heterocycles. The fourth-order valence-electron chi connectivity index (χ4n) is 2.01. The summed E-state index contributed by atoms with van der Waals surface area (Å²) < 4.78 is 2.29. The maximum absolute atomic E-state index is 12.3. The lowest BCUT2D eigenvalue weighted by molar-refractivity contribution is -0.117. The van der Waals surface area contributed by atoms with Gasteiger partial charge in [0.05, 0.1) is 11.2 Å². The Morgan fingerprint density at radius 1 is 1.00 bits per heavy atom. The average Bonchev–Trinajstić information content (AvgIpc) is 2.39. The largest absolute Gasteiger partial charge is 0.298 e. The van der Waals surface area contributed by atoms with Gasteiger partial charge < -0.3 is 0 Å². The van der Waals surface area contributed by atoms with Crippen molar-refractivity contribution < 1.29 is 4.79 Å². The van der Waals surface area contributed by atoms with Gasteiger partial charge in [0, 0.05) is 7.14 Å². The zero-order valence-electron chi connectivity index (χ0n) is 9.95. The third-order valence-electron chi connectivity index (χ3n) is 2.82. The van der Waals surface area contributed by atoms with E-state index in [-0.39, 0.29) is 11.7 Å². The Hall–Kier alpha value is 0.0500. The summed E-state index contributed by atoms with van der Waals surface area (Å²) in [6.07, 6.45) is 0. The van der Waals surface area contributed by atoms with Crippen molar-refractivity contribution in [2.24, 2.45) is 0 Å². The average molecular weight is 541 g/mol. The first-order valence-electron chi connectivity index (χ1n) is 5.71. The third-order valence-corrected chi connectivity index (χ3v) is 4.71. The first-order valence-corrected chi connectivity index (χ1v) is 8.99. The number of alkyl halides is 1. The Balaban J connectivity index is 2.50. The smallest absolute Gasteiger partial charge is 0.155 e. The highest BCUT2D eigenvalue weighted by atomic mass is 127. The molecule has 0 unspecified atom stereocenters. The van der Waals surface area contributed by atoms with Gasteiger partial charge in [-0.15, -0.1) is 0 Å².